The topological polar surface area (TPSA) is 45.6 Å². The number of nitrogens with zero attached hydrogens (tertiary/aromatic N) is 2. The van der Waals surface area contributed by atoms with Crippen LogP contribution in [0.1, 0.15) is 36.8 Å². The summed E-state index contributed by atoms with van der Waals surface area (Å²) >= 11 is 0. The highest BCUT2D eigenvalue weighted by atomic mass is 19.2. The lowest BCUT2D eigenvalue weighted by atomic mass is 9.75. The predicted octanol–water partition coefficient (Wildman–Crippen LogP) is 5.25. The smallest absolute Gasteiger partial charge is 0.194 e. The van der Waals surface area contributed by atoms with Gasteiger partial charge in [-0.1, -0.05) is 11.8 Å². The SMILES string of the molecule is COc1ccc2ncc(F)c(CCCC3(CO)CCN(CC#Cc4cc(F)c(F)c(F)c4)CC3)c2c1. The summed E-state index contributed by atoms with van der Waals surface area (Å²) in [6, 6.07) is 7.17. The number of rotatable bonds is 7. The maximum absolute atomic E-state index is 14.6. The standard InChI is InChI=1S/C28H28F4N2O2/c1-36-20-6-7-26-22(16-20)21(25(31)17-33-26)5-2-8-28(18-35)9-12-34(13-10-28)11-3-4-19-14-23(29)27(32)24(30)15-19/h6-7,14-17,35H,2,5,8-13,18H2,1H3. The van der Waals surface area contributed by atoms with Crippen LogP contribution in [0.4, 0.5) is 17.6 Å². The van der Waals surface area contributed by atoms with Gasteiger partial charge in [0.2, 0.25) is 0 Å². The molecule has 190 valence electrons. The Labute approximate surface area is 207 Å². The first kappa shape index (κ1) is 25.9. The lowest BCUT2D eigenvalue weighted by Crippen LogP contribution is -2.42. The van der Waals surface area contributed by atoms with Crippen LogP contribution >= 0.6 is 0 Å². The number of aryl methyl sites for hydroxylation is 1. The van der Waals surface area contributed by atoms with Gasteiger partial charge in [-0.25, -0.2) is 17.6 Å². The molecule has 36 heavy (non-hydrogen) atoms. The molecule has 1 aromatic heterocycles. The number of hydrogen-bond donors (Lipinski definition) is 1. The largest absolute Gasteiger partial charge is 0.497 e. The molecule has 1 fully saturated rings. The number of benzene rings is 2. The van der Waals surface area contributed by atoms with Crippen molar-refractivity contribution in [3.05, 3.63) is 70.9 Å². The van der Waals surface area contributed by atoms with Crippen LogP contribution in [0.5, 0.6) is 5.75 Å². The third kappa shape index (κ3) is 5.80. The fourth-order valence-electron chi connectivity index (χ4n) is 4.78. The van der Waals surface area contributed by atoms with Crippen molar-refractivity contribution in [3.8, 4) is 17.6 Å². The Morgan fingerprint density at radius 3 is 2.44 bits per heavy atom. The Morgan fingerprint density at radius 2 is 1.78 bits per heavy atom. The molecule has 1 N–H and O–H groups in total. The van der Waals surface area contributed by atoms with Crippen molar-refractivity contribution >= 4 is 10.9 Å². The number of methoxy groups -OCH3 is 1. The molecule has 0 amide bonds. The zero-order valence-electron chi connectivity index (χ0n) is 20.1. The molecule has 4 nitrogen and oxygen atoms in total. The minimum Gasteiger partial charge on any atom is -0.497 e. The van der Waals surface area contributed by atoms with Crippen molar-refractivity contribution in [2.24, 2.45) is 5.41 Å². The molecule has 1 saturated heterocycles. The minimum atomic E-state index is -1.50. The van der Waals surface area contributed by atoms with E-state index in [0.29, 0.717) is 42.9 Å². The van der Waals surface area contributed by atoms with Gasteiger partial charge in [-0.2, -0.15) is 0 Å². The molecule has 1 aliphatic rings. The van der Waals surface area contributed by atoms with Crippen LogP contribution in [0.25, 0.3) is 10.9 Å². The highest BCUT2D eigenvalue weighted by Crippen LogP contribution is 2.37. The first-order valence-electron chi connectivity index (χ1n) is 11.9. The Kier molecular flexibility index (Phi) is 8.12. The van der Waals surface area contributed by atoms with Gasteiger partial charge < -0.3 is 9.84 Å². The van der Waals surface area contributed by atoms with Gasteiger partial charge >= 0.3 is 0 Å². The molecule has 8 heteroatoms. The van der Waals surface area contributed by atoms with Gasteiger partial charge in [0.25, 0.3) is 0 Å². The van der Waals surface area contributed by atoms with E-state index in [0.717, 1.165) is 43.2 Å². The molecule has 0 saturated carbocycles. The Morgan fingerprint density at radius 1 is 1.06 bits per heavy atom. The molecule has 0 unspecified atom stereocenters. The fraction of sp³-hybridized carbons (Fsp3) is 0.393. The summed E-state index contributed by atoms with van der Waals surface area (Å²) < 4.78 is 59.7. The zero-order valence-corrected chi connectivity index (χ0v) is 20.1. The summed E-state index contributed by atoms with van der Waals surface area (Å²) in [6.45, 7) is 1.88. The first-order valence-corrected chi connectivity index (χ1v) is 11.9. The normalized spacial score (nSPS) is 15.5. The molecule has 0 spiro atoms. The summed E-state index contributed by atoms with van der Waals surface area (Å²) in [4.78, 5) is 6.28. The van der Waals surface area contributed by atoms with Gasteiger partial charge in [0.05, 0.1) is 25.4 Å². The third-order valence-corrected chi connectivity index (χ3v) is 7.04. The average molecular weight is 501 g/mol. The summed E-state index contributed by atoms with van der Waals surface area (Å²) in [7, 11) is 1.57. The number of likely N-dealkylation sites (tertiary alicyclic amines) is 1. The van der Waals surface area contributed by atoms with Crippen LogP contribution in [0, 0.1) is 40.5 Å². The van der Waals surface area contributed by atoms with Gasteiger partial charge in [-0.05, 0) is 86.5 Å². The number of aliphatic hydroxyl groups is 1. The van der Waals surface area contributed by atoms with Crippen molar-refractivity contribution in [1.29, 1.82) is 0 Å². The summed E-state index contributed by atoms with van der Waals surface area (Å²) in [5, 5.41) is 10.9. The summed E-state index contributed by atoms with van der Waals surface area (Å²) in [6.07, 6.45) is 4.77. The van der Waals surface area contributed by atoms with E-state index in [1.54, 1.807) is 19.2 Å². The molecule has 4 rings (SSSR count). The maximum Gasteiger partial charge on any atom is 0.194 e. The average Bonchev–Trinajstić information content (AvgIpc) is 2.89. The lowest BCUT2D eigenvalue weighted by Gasteiger charge is -2.40. The van der Waals surface area contributed by atoms with Gasteiger partial charge in [-0.3, -0.25) is 9.88 Å². The fourth-order valence-corrected chi connectivity index (χ4v) is 4.78. The van der Waals surface area contributed by atoms with Crippen LogP contribution in [0.3, 0.4) is 0 Å². The highest BCUT2D eigenvalue weighted by Gasteiger charge is 2.33. The first-order chi connectivity index (χ1) is 17.3. The van der Waals surface area contributed by atoms with Crippen molar-refractivity contribution in [2.45, 2.75) is 32.1 Å². The molecular weight excluding hydrogens is 472 g/mol. The number of fused-ring (bicyclic) bond motifs is 1. The molecule has 1 aliphatic heterocycles. The van der Waals surface area contributed by atoms with Crippen LogP contribution < -0.4 is 4.74 Å². The van der Waals surface area contributed by atoms with E-state index in [1.165, 1.54) is 6.20 Å². The number of piperidine rings is 1. The lowest BCUT2D eigenvalue weighted by molar-refractivity contribution is 0.0401. The quantitative estimate of drug-likeness (QED) is 0.274. The molecule has 2 aromatic carbocycles. The summed E-state index contributed by atoms with van der Waals surface area (Å²) in [5.74, 6) is 1.84. The van der Waals surface area contributed by atoms with Crippen molar-refractivity contribution in [2.75, 3.05) is 33.4 Å². The molecule has 2 heterocycles. The monoisotopic (exact) mass is 500 g/mol. The van der Waals surface area contributed by atoms with Gasteiger partial charge in [0.1, 0.15) is 11.6 Å². The second kappa shape index (κ2) is 11.3. The van der Waals surface area contributed by atoms with Gasteiger partial charge in [-0.15, -0.1) is 0 Å². The van der Waals surface area contributed by atoms with E-state index >= 15 is 0 Å². The number of hydrogen-bond acceptors (Lipinski definition) is 4. The highest BCUT2D eigenvalue weighted by molar-refractivity contribution is 5.83. The van der Waals surface area contributed by atoms with Crippen LogP contribution in [-0.4, -0.2) is 48.3 Å². The van der Waals surface area contributed by atoms with E-state index < -0.39 is 17.5 Å². The third-order valence-electron chi connectivity index (χ3n) is 7.04. The second-order valence-electron chi connectivity index (χ2n) is 9.31. The Bertz CT molecular complexity index is 1270. The van der Waals surface area contributed by atoms with Crippen LogP contribution in [0.2, 0.25) is 0 Å². The second-order valence-corrected chi connectivity index (χ2v) is 9.31. The maximum atomic E-state index is 14.6. The van der Waals surface area contributed by atoms with E-state index in [2.05, 4.69) is 21.7 Å². The van der Waals surface area contributed by atoms with E-state index in [9.17, 15) is 22.7 Å². The Balaban J connectivity index is 1.34. The van der Waals surface area contributed by atoms with Gasteiger partial charge in [0.15, 0.2) is 17.5 Å². The van der Waals surface area contributed by atoms with E-state index in [4.69, 9.17) is 4.74 Å². The van der Waals surface area contributed by atoms with Crippen LogP contribution in [-0.2, 0) is 6.42 Å². The van der Waals surface area contributed by atoms with E-state index in [1.807, 2.05) is 6.07 Å². The predicted molar refractivity (Wildman–Crippen MR) is 130 cm³/mol. The molecule has 0 bridgehead atoms. The number of aromatic nitrogens is 1. The summed E-state index contributed by atoms with van der Waals surface area (Å²) in [5.41, 5.74) is 1.16. The number of halogens is 4. The van der Waals surface area contributed by atoms with Crippen molar-refractivity contribution < 1.29 is 27.4 Å². The molecule has 0 atom stereocenters. The number of ether oxygens (including phenoxy) is 1. The van der Waals surface area contributed by atoms with Gasteiger partial charge in [0, 0.05) is 17.6 Å². The number of pyridine rings is 1. The molecule has 3 aromatic rings. The molecular formula is C28H28F4N2O2. The van der Waals surface area contributed by atoms with Crippen molar-refractivity contribution in [3.63, 3.8) is 0 Å². The zero-order chi connectivity index (χ0) is 25.7. The molecule has 0 aliphatic carbocycles. The number of aliphatic hydroxyl groups excluding tert-OH is 1. The van der Waals surface area contributed by atoms with E-state index in [-0.39, 0.29) is 23.4 Å². The molecule has 0 radical (unpaired) electrons. The Hall–Kier alpha value is -3.15. The van der Waals surface area contributed by atoms with Crippen LogP contribution in [0.15, 0.2) is 36.5 Å². The minimum absolute atomic E-state index is 0.0497. The van der Waals surface area contributed by atoms with Crippen molar-refractivity contribution in [1.82, 2.24) is 9.88 Å².